The van der Waals surface area contributed by atoms with Gasteiger partial charge in [0.1, 0.15) is 23.7 Å². The van der Waals surface area contributed by atoms with Crippen molar-refractivity contribution >= 4 is 6.29 Å². The van der Waals surface area contributed by atoms with Gasteiger partial charge < -0.3 is 33.9 Å². The summed E-state index contributed by atoms with van der Waals surface area (Å²) in [5, 5.41) is 10.6. The van der Waals surface area contributed by atoms with E-state index in [2.05, 4.69) is 62.0 Å². The summed E-state index contributed by atoms with van der Waals surface area (Å²) in [6.07, 6.45) is 3.40. The molecule has 8 nitrogen and oxygen atoms in total. The number of benzene rings is 2. The molecule has 11 heteroatoms. The Morgan fingerprint density at radius 2 is 1.32 bits per heavy atom. The van der Waals surface area contributed by atoms with Gasteiger partial charge in [-0.2, -0.15) is 13.2 Å². The lowest BCUT2D eigenvalue weighted by atomic mass is 9.51. The SMILES string of the molecule is C.COCCO[C@H]1CCC2[C@H]3Cc4ccc(C)c5c4[C@@]2(CCN3C)[C@H]1O5.Cc1ccc2c3c1O[C@H]1[C@@H](O)CCC4[C@@H](C2)N(C)CC[C@@]341.O=CC(F)(F)F. The first-order valence-corrected chi connectivity index (χ1v) is 19.2. The molecule has 1 N–H and O–H groups in total. The number of methoxy groups -OCH3 is 1. The average molecular weight is 743 g/mol. The molecule has 4 fully saturated rings. The Hall–Kier alpha value is -2.70. The highest BCUT2D eigenvalue weighted by atomic mass is 19.4. The fourth-order valence-electron chi connectivity index (χ4n) is 12.1. The first kappa shape index (κ1) is 38.6. The maximum Gasteiger partial charge on any atom is 0.446 e. The summed E-state index contributed by atoms with van der Waals surface area (Å²) in [6, 6.07) is 10.4. The second-order valence-electron chi connectivity index (χ2n) is 16.6. The summed E-state index contributed by atoms with van der Waals surface area (Å²) in [6.45, 7) is 7.95. The van der Waals surface area contributed by atoms with Gasteiger partial charge in [-0.05, 0) is 126 Å². The Balaban J connectivity index is 0.000000142. The van der Waals surface area contributed by atoms with Crippen LogP contribution < -0.4 is 9.47 Å². The van der Waals surface area contributed by atoms with Crippen LogP contribution in [0.25, 0.3) is 0 Å². The fourth-order valence-corrected chi connectivity index (χ4v) is 12.1. The minimum atomic E-state index is -4.64. The number of carbonyl (C=O) groups excluding carboxylic acids is 1. The summed E-state index contributed by atoms with van der Waals surface area (Å²) in [5.74, 6) is 3.64. The summed E-state index contributed by atoms with van der Waals surface area (Å²) in [7, 11) is 6.32. The number of piperidine rings is 2. The van der Waals surface area contributed by atoms with E-state index in [1.807, 2.05) is 0 Å². The zero-order valence-electron chi connectivity index (χ0n) is 31.0. The summed E-state index contributed by atoms with van der Waals surface area (Å²) in [5.41, 5.74) is 8.79. The maximum atomic E-state index is 10.6. The van der Waals surface area contributed by atoms with Crippen LogP contribution in [0.15, 0.2) is 24.3 Å². The monoisotopic (exact) mass is 742 g/mol. The van der Waals surface area contributed by atoms with Crippen molar-refractivity contribution in [3.63, 3.8) is 0 Å². The normalized spacial score (nSPS) is 36.5. The molecule has 2 unspecified atom stereocenters. The second kappa shape index (κ2) is 14.1. The summed E-state index contributed by atoms with van der Waals surface area (Å²) in [4.78, 5) is 13.8. The number of likely N-dealkylation sites (tertiary alicyclic amines) is 2. The molecule has 292 valence electrons. The highest BCUT2D eigenvalue weighted by Crippen LogP contribution is 2.64. The van der Waals surface area contributed by atoms with Crippen molar-refractivity contribution < 1.29 is 42.0 Å². The molecule has 4 bridgehead atoms. The van der Waals surface area contributed by atoms with E-state index >= 15 is 0 Å². The van der Waals surface area contributed by atoms with Gasteiger partial charge in [0.2, 0.25) is 6.29 Å². The number of aryl methyl sites for hydroxylation is 2. The van der Waals surface area contributed by atoms with Gasteiger partial charge >= 0.3 is 6.18 Å². The van der Waals surface area contributed by atoms with Gasteiger partial charge in [-0.25, -0.2) is 0 Å². The molecule has 8 aliphatic rings. The number of aldehydes is 1. The number of likely N-dealkylation sites (N-methyl/N-ethyl adjacent to an activating group) is 2. The summed E-state index contributed by atoms with van der Waals surface area (Å²) >= 11 is 0. The highest BCUT2D eigenvalue weighted by molar-refractivity contribution is 5.59. The molecule has 2 aromatic rings. The van der Waals surface area contributed by atoms with Crippen LogP contribution in [0.2, 0.25) is 0 Å². The number of nitrogens with zero attached hydrogens (tertiary/aromatic N) is 2. The van der Waals surface area contributed by atoms with Gasteiger partial charge in [-0.1, -0.05) is 31.7 Å². The molecular weight excluding hydrogens is 685 g/mol. The number of hydrogen-bond acceptors (Lipinski definition) is 8. The summed E-state index contributed by atoms with van der Waals surface area (Å²) < 4.78 is 55.8. The van der Waals surface area contributed by atoms with Crippen molar-refractivity contribution in [3.05, 3.63) is 57.6 Å². The number of ether oxygens (including phenoxy) is 4. The highest BCUT2D eigenvalue weighted by Gasteiger charge is 2.66. The molecule has 53 heavy (non-hydrogen) atoms. The molecule has 0 aromatic heterocycles. The molecule has 4 aliphatic heterocycles. The fraction of sp³-hybridized carbons (Fsp3) is 0.690. The Bertz CT molecular complexity index is 1700. The number of alkyl halides is 3. The zero-order chi connectivity index (χ0) is 36.7. The van der Waals surface area contributed by atoms with Crippen molar-refractivity contribution in [2.45, 2.75) is 126 Å². The number of hydrogen-bond donors (Lipinski definition) is 1. The van der Waals surface area contributed by atoms with Crippen LogP contribution in [0.1, 0.15) is 79.3 Å². The lowest BCUT2D eigenvalue weighted by Gasteiger charge is -2.58. The Morgan fingerprint density at radius 1 is 0.830 bits per heavy atom. The smallest absolute Gasteiger partial charge is 0.446 e. The molecule has 2 aromatic carbocycles. The van der Waals surface area contributed by atoms with Crippen LogP contribution in [0.5, 0.6) is 11.5 Å². The molecule has 0 radical (unpaired) electrons. The van der Waals surface area contributed by atoms with E-state index in [4.69, 9.17) is 23.7 Å². The van der Waals surface area contributed by atoms with Crippen LogP contribution in [-0.2, 0) is 37.9 Å². The second-order valence-corrected chi connectivity index (χ2v) is 16.6. The standard InChI is InChI=1S/C21H29NO3.C18H23NO2.C2HF3O.CH4/c1-13-4-5-14-12-16-15-6-7-17(24-11-10-23-3)20-21(15,8-9-22(16)2)18(14)19(13)25-20;1-10-3-4-11-9-13-12-5-6-14(20)17-18(12,7-8-19(13)2)15(11)16(10)21-17;3-2(4,5)1-6;/h4-5,15-17,20H,6-12H2,1-3H3;3-4,12-14,17,20H,5-9H2,1-2H3;1H;1H4/t15?,16-,17+,20+,21+;12?,13-,14+,17+,18+;;/m11../s1. The van der Waals surface area contributed by atoms with Crippen molar-refractivity contribution in [3.8, 4) is 11.5 Å². The van der Waals surface area contributed by atoms with Gasteiger partial charge in [0, 0.05) is 41.2 Å². The van der Waals surface area contributed by atoms with Gasteiger partial charge in [0.15, 0.2) is 0 Å². The van der Waals surface area contributed by atoms with Crippen LogP contribution >= 0.6 is 0 Å². The molecule has 4 heterocycles. The first-order chi connectivity index (χ1) is 24.9. The van der Waals surface area contributed by atoms with Crippen LogP contribution in [0, 0.1) is 25.7 Å². The van der Waals surface area contributed by atoms with E-state index in [0.717, 1.165) is 44.4 Å². The number of carbonyl (C=O) groups is 1. The van der Waals surface area contributed by atoms with E-state index in [-0.39, 0.29) is 42.7 Å². The van der Waals surface area contributed by atoms with Crippen LogP contribution in [0.4, 0.5) is 13.2 Å². The third-order valence-electron chi connectivity index (χ3n) is 14.3. The largest absolute Gasteiger partial charge is 0.486 e. The Morgan fingerprint density at radius 3 is 1.83 bits per heavy atom. The van der Waals surface area contributed by atoms with Crippen molar-refractivity contribution in [2.75, 3.05) is 47.5 Å². The molecule has 2 spiro atoms. The number of aliphatic hydroxyl groups excluding tert-OH is 1. The van der Waals surface area contributed by atoms with Crippen LogP contribution in [0.3, 0.4) is 0 Å². The molecular formula is C42H57F3N2O6. The molecule has 10 rings (SSSR count). The lowest BCUT2D eigenvalue weighted by Crippen LogP contribution is -2.66. The third-order valence-corrected chi connectivity index (χ3v) is 14.3. The zero-order valence-corrected chi connectivity index (χ0v) is 31.0. The van der Waals surface area contributed by atoms with Gasteiger partial charge in [0.05, 0.1) is 25.4 Å². The van der Waals surface area contributed by atoms with Crippen LogP contribution in [-0.4, -0.2) is 111 Å². The third kappa shape index (κ3) is 5.85. The predicted molar refractivity (Wildman–Crippen MR) is 196 cm³/mol. The number of rotatable bonds is 4. The number of aliphatic hydroxyl groups is 1. The molecule has 2 saturated heterocycles. The van der Waals surface area contributed by atoms with E-state index in [9.17, 15) is 18.3 Å². The first-order valence-electron chi connectivity index (χ1n) is 19.2. The molecule has 0 amide bonds. The van der Waals surface area contributed by atoms with E-state index < -0.39 is 12.5 Å². The minimum absolute atomic E-state index is 0. The van der Waals surface area contributed by atoms with Crippen molar-refractivity contribution in [1.82, 2.24) is 9.80 Å². The number of halogens is 3. The van der Waals surface area contributed by atoms with E-state index in [0.29, 0.717) is 37.1 Å². The lowest BCUT2D eigenvalue weighted by molar-refractivity contribution is -0.156. The average Bonchev–Trinajstić information content (AvgIpc) is 3.67. The Labute approximate surface area is 312 Å². The quantitative estimate of drug-likeness (QED) is 0.298. The molecule has 4 aliphatic carbocycles. The maximum absolute atomic E-state index is 10.6. The van der Waals surface area contributed by atoms with Crippen molar-refractivity contribution in [2.24, 2.45) is 11.8 Å². The van der Waals surface area contributed by atoms with E-state index in [1.165, 1.54) is 59.4 Å². The molecule has 10 atom stereocenters. The van der Waals surface area contributed by atoms with Crippen molar-refractivity contribution in [1.29, 1.82) is 0 Å². The minimum Gasteiger partial charge on any atom is -0.486 e. The predicted octanol–water partition coefficient (Wildman–Crippen LogP) is 6.10. The van der Waals surface area contributed by atoms with Gasteiger partial charge in [0.25, 0.3) is 0 Å². The van der Waals surface area contributed by atoms with Gasteiger partial charge in [-0.15, -0.1) is 0 Å². The van der Waals surface area contributed by atoms with E-state index in [1.54, 1.807) is 12.7 Å². The topological polar surface area (TPSA) is 80.7 Å². The van der Waals surface area contributed by atoms with Gasteiger partial charge in [-0.3, -0.25) is 4.79 Å². The Kier molecular flexibility index (Phi) is 10.3. The molecule has 2 saturated carbocycles.